The molecule has 3 rings (SSSR count). The van der Waals surface area contributed by atoms with Gasteiger partial charge in [-0.05, 0) is 17.7 Å². The van der Waals surface area contributed by atoms with Gasteiger partial charge in [-0.1, -0.05) is 48.5 Å². The molecular formula is C17H17NO4S. The lowest BCUT2D eigenvalue weighted by Gasteiger charge is -2.10. The first-order valence-electron chi connectivity index (χ1n) is 7.23. The molecule has 6 heteroatoms. The average Bonchev–Trinajstić information content (AvgIpc) is 3.28. The highest BCUT2D eigenvalue weighted by Gasteiger charge is 2.75. The second-order valence-electron chi connectivity index (χ2n) is 5.72. The topological polar surface area (TPSA) is 97.5 Å². The maximum absolute atomic E-state index is 12.9. The van der Waals surface area contributed by atoms with Crippen molar-refractivity contribution >= 4 is 15.8 Å². The number of nitrogens with two attached hydrogens (primary N) is 1. The zero-order valence-electron chi connectivity index (χ0n) is 12.3. The number of hydrogen-bond acceptors (Lipinski definition) is 4. The van der Waals surface area contributed by atoms with Gasteiger partial charge in [0.05, 0.1) is 10.1 Å². The highest BCUT2D eigenvalue weighted by Crippen LogP contribution is 2.63. The fourth-order valence-corrected chi connectivity index (χ4v) is 5.74. The summed E-state index contributed by atoms with van der Waals surface area (Å²) in [5, 5.41) is 8.62. The van der Waals surface area contributed by atoms with Crippen molar-refractivity contribution in [2.45, 2.75) is 16.1 Å². The second-order valence-corrected chi connectivity index (χ2v) is 7.79. The molecule has 0 unspecified atom stereocenters. The highest BCUT2D eigenvalue weighted by molar-refractivity contribution is 7.92. The van der Waals surface area contributed by atoms with Crippen LogP contribution < -0.4 is 5.73 Å². The molecule has 0 bridgehead atoms. The molecule has 0 aliphatic heterocycles. The minimum Gasteiger partial charge on any atom is -0.481 e. The Bertz CT molecular complexity index is 820. The van der Waals surface area contributed by atoms with E-state index in [1.165, 1.54) is 12.1 Å². The summed E-state index contributed by atoms with van der Waals surface area (Å²) in [7, 11) is -3.79. The molecule has 0 aromatic heterocycles. The molecule has 3 N–H and O–H groups in total. The molecule has 120 valence electrons. The van der Waals surface area contributed by atoms with Crippen molar-refractivity contribution in [1.82, 2.24) is 0 Å². The number of benzene rings is 2. The maximum atomic E-state index is 12.9. The molecule has 1 aliphatic rings. The first kappa shape index (κ1) is 15.7. The monoisotopic (exact) mass is 331 g/mol. The van der Waals surface area contributed by atoms with Crippen molar-refractivity contribution in [3.05, 3.63) is 66.2 Å². The van der Waals surface area contributed by atoms with Crippen molar-refractivity contribution in [1.29, 1.82) is 0 Å². The van der Waals surface area contributed by atoms with Crippen LogP contribution in [0.5, 0.6) is 0 Å². The van der Waals surface area contributed by atoms with Gasteiger partial charge in [-0.2, -0.15) is 0 Å². The van der Waals surface area contributed by atoms with Crippen molar-refractivity contribution in [3.8, 4) is 0 Å². The van der Waals surface area contributed by atoms with E-state index >= 15 is 0 Å². The number of sulfone groups is 1. The van der Waals surface area contributed by atoms with E-state index in [0.29, 0.717) is 5.56 Å². The Hall–Kier alpha value is -2.18. The van der Waals surface area contributed by atoms with Crippen LogP contribution in [-0.4, -0.2) is 31.3 Å². The third-order valence-electron chi connectivity index (χ3n) is 4.56. The lowest BCUT2D eigenvalue weighted by Crippen LogP contribution is -2.31. The molecule has 0 saturated heterocycles. The number of carboxylic acid groups (broad SMARTS) is 1. The van der Waals surface area contributed by atoms with Gasteiger partial charge in [-0.25, -0.2) is 8.42 Å². The van der Waals surface area contributed by atoms with E-state index in [-0.39, 0.29) is 11.4 Å². The standard InChI is InChI=1S/C17H17NO4S/c18-11-17(16(19)20)14(12-7-3-1-4-8-12)15(17)23(21,22)13-9-5-2-6-10-13/h1-10,14-15H,11,18H2,(H,19,20)/t14-,15-,17-/m0/s1. The van der Waals surface area contributed by atoms with Gasteiger partial charge in [-0.15, -0.1) is 0 Å². The molecule has 3 atom stereocenters. The summed E-state index contributed by atoms with van der Waals surface area (Å²) in [6, 6.07) is 16.8. The highest BCUT2D eigenvalue weighted by atomic mass is 32.2. The number of hydrogen-bond donors (Lipinski definition) is 2. The molecule has 1 fully saturated rings. The molecule has 23 heavy (non-hydrogen) atoms. The van der Waals surface area contributed by atoms with E-state index in [9.17, 15) is 18.3 Å². The van der Waals surface area contributed by atoms with Gasteiger partial charge in [0.1, 0.15) is 5.41 Å². The van der Waals surface area contributed by atoms with E-state index in [2.05, 4.69) is 0 Å². The van der Waals surface area contributed by atoms with Gasteiger partial charge >= 0.3 is 5.97 Å². The minimum absolute atomic E-state index is 0.127. The Morgan fingerprint density at radius 3 is 2.04 bits per heavy atom. The summed E-state index contributed by atoms with van der Waals surface area (Å²) in [6.07, 6.45) is 0. The van der Waals surface area contributed by atoms with E-state index in [1.807, 2.05) is 0 Å². The van der Waals surface area contributed by atoms with Crippen LogP contribution in [0.4, 0.5) is 0 Å². The lowest BCUT2D eigenvalue weighted by atomic mass is 9.99. The van der Waals surface area contributed by atoms with Gasteiger partial charge in [0.25, 0.3) is 0 Å². The van der Waals surface area contributed by atoms with Gasteiger partial charge in [0.15, 0.2) is 9.84 Å². The summed E-state index contributed by atoms with van der Waals surface area (Å²) in [5.41, 5.74) is 4.93. The Balaban J connectivity index is 2.12. The van der Waals surface area contributed by atoms with Gasteiger partial charge in [0, 0.05) is 12.5 Å². The molecule has 0 spiro atoms. The molecule has 0 heterocycles. The number of carboxylic acids is 1. The number of carbonyl (C=O) groups is 1. The number of rotatable bonds is 5. The first-order valence-corrected chi connectivity index (χ1v) is 8.78. The predicted octanol–water partition coefficient (Wildman–Crippen LogP) is 1.66. The van der Waals surface area contributed by atoms with Crippen LogP contribution in [0.2, 0.25) is 0 Å². The van der Waals surface area contributed by atoms with E-state index in [0.717, 1.165) is 0 Å². The third kappa shape index (κ3) is 2.26. The van der Waals surface area contributed by atoms with Crippen LogP contribution in [0.3, 0.4) is 0 Å². The fraction of sp³-hybridized carbons (Fsp3) is 0.235. The second kappa shape index (κ2) is 5.47. The Morgan fingerprint density at radius 2 is 1.57 bits per heavy atom. The Labute approximate surface area is 134 Å². The Morgan fingerprint density at radius 1 is 1.04 bits per heavy atom. The third-order valence-corrected chi connectivity index (χ3v) is 6.85. The lowest BCUT2D eigenvalue weighted by molar-refractivity contribution is -0.143. The zero-order valence-corrected chi connectivity index (χ0v) is 13.1. The van der Waals surface area contributed by atoms with Crippen molar-refractivity contribution in [2.75, 3.05) is 6.54 Å². The SMILES string of the molecule is NC[C@]1(C(=O)O)[C@@H](c2ccccc2)[C@@H]1S(=O)(=O)c1ccccc1. The molecular weight excluding hydrogens is 314 g/mol. The molecule has 2 aromatic rings. The molecule has 2 aromatic carbocycles. The van der Waals surface area contributed by atoms with E-state index < -0.39 is 32.4 Å². The maximum Gasteiger partial charge on any atom is 0.312 e. The quantitative estimate of drug-likeness (QED) is 0.868. The van der Waals surface area contributed by atoms with Crippen molar-refractivity contribution in [2.24, 2.45) is 11.1 Å². The molecule has 5 nitrogen and oxygen atoms in total. The van der Waals surface area contributed by atoms with Crippen molar-refractivity contribution in [3.63, 3.8) is 0 Å². The summed E-state index contributed by atoms with van der Waals surface area (Å²) in [5.74, 6) is -1.81. The van der Waals surface area contributed by atoms with Crippen LogP contribution in [0, 0.1) is 5.41 Å². The van der Waals surface area contributed by atoms with Gasteiger partial charge < -0.3 is 10.8 Å². The number of aliphatic carboxylic acids is 1. The van der Waals surface area contributed by atoms with Crippen molar-refractivity contribution < 1.29 is 18.3 Å². The summed E-state index contributed by atoms with van der Waals surface area (Å²) in [6.45, 7) is -0.224. The van der Waals surface area contributed by atoms with Crippen LogP contribution in [0.15, 0.2) is 65.6 Å². The summed E-state index contributed by atoms with van der Waals surface area (Å²) >= 11 is 0. The van der Waals surface area contributed by atoms with E-state index in [4.69, 9.17) is 5.73 Å². The van der Waals surface area contributed by atoms with Crippen LogP contribution in [0.25, 0.3) is 0 Å². The smallest absolute Gasteiger partial charge is 0.312 e. The summed E-state index contributed by atoms with van der Waals surface area (Å²) < 4.78 is 25.9. The first-order chi connectivity index (χ1) is 11.0. The molecule has 0 radical (unpaired) electrons. The molecule has 1 aliphatic carbocycles. The minimum atomic E-state index is -3.79. The zero-order chi connectivity index (χ0) is 16.7. The van der Waals surface area contributed by atoms with Crippen LogP contribution in [0.1, 0.15) is 11.5 Å². The van der Waals surface area contributed by atoms with E-state index in [1.54, 1.807) is 48.5 Å². The van der Waals surface area contributed by atoms with Gasteiger partial charge in [-0.3, -0.25) is 4.79 Å². The predicted molar refractivity (Wildman–Crippen MR) is 85.7 cm³/mol. The van der Waals surface area contributed by atoms with Gasteiger partial charge in [0.2, 0.25) is 0 Å². The van der Waals surface area contributed by atoms with Crippen LogP contribution in [-0.2, 0) is 14.6 Å². The van der Waals surface area contributed by atoms with Crippen LogP contribution >= 0.6 is 0 Å². The fourth-order valence-electron chi connectivity index (χ4n) is 3.34. The molecule has 1 saturated carbocycles. The largest absolute Gasteiger partial charge is 0.481 e. The average molecular weight is 331 g/mol. The molecule has 0 amide bonds. The normalized spacial score (nSPS) is 26.7. The Kier molecular flexibility index (Phi) is 3.74. The summed E-state index contributed by atoms with van der Waals surface area (Å²) in [4.78, 5) is 12.0.